The van der Waals surface area contributed by atoms with Crippen molar-refractivity contribution in [2.24, 2.45) is 17.5 Å². The predicted octanol–water partition coefficient (Wildman–Crippen LogP) is 3.39. The van der Waals surface area contributed by atoms with E-state index in [1.807, 2.05) is 11.7 Å². The van der Waals surface area contributed by atoms with Gasteiger partial charge < -0.3 is 10.2 Å². The summed E-state index contributed by atoms with van der Waals surface area (Å²) in [5.41, 5.74) is 4.16. The topological polar surface area (TPSA) is 45.5 Å². The number of guanidine groups is 1. The lowest BCUT2D eigenvalue weighted by Crippen LogP contribution is -2.41. The number of halogens is 1. The quantitative estimate of drug-likeness (QED) is 0.441. The van der Waals surface area contributed by atoms with Gasteiger partial charge in [-0.3, -0.25) is 4.68 Å². The third kappa shape index (κ3) is 3.89. The van der Waals surface area contributed by atoms with Crippen LogP contribution in [0.4, 0.5) is 0 Å². The second kappa shape index (κ2) is 8.06. The summed E-state index contributed by atoms with van der Waals surface area (Å²) in [5.74, 6) is 1.08. The first-order valence-electron chi connectivity index (χ1n) is 9.07. The maximum Gasteiger partial charge on any atom is 0.194 e. The van der Waals surface area contributed by atoms with E-state index in [2.05, 4.69) is 36.1 Å². The van der Waals surface area contributed by atoms with E-state index >= 15 is 0 Å². The number of nitrogens with zero attached hydrogens (tertiary/aromatic N) is 4. The summed E-state index contributed by atoms with van der Waals surface area (Å²) < 4.78 is 1.95. The zero-order chi connectivity index (χ0) is 16.4. The Morgan fingerprint density at radius 2 is 1.96 bits per heavy atom. The lowest BCUT2D eigenvalue weighted by atomic mass is 9.86. The molecule has 0 radical (unpaired) electrons. The second-order valence-electron chi connectivity index (χ2n) is 7.32. The van der Waals surface area contributed by atoms with Crippen LogP contribution in [0.5, 0.6) is 0 Å². The van der Waals surface area contributed by atoms with Crippen LogP contribution >= 0.6 is 24.0 Å². The molecule has 1 aromatic heterocycles. The van der Waals surface area contributed by atoms with Crippen molar-refractivity contribution < 1.29 is 0 Å². The van der Waals surface area contributed by atoms with Crippen molar-refractivity contribution in [2.75, 3.05) is 19.6 Å². The molecule has 1 aliphatic carbocycles. The van der Waals surface area contributed by atoms with Crippen molar-refractivity contribution in [3.8, 4) is 0 Å². The minimum atomic E-state index is 0. The zero-order valence-corrected chi connectivity index (χ0v) is 17.9. The molecular formula is C18H32IN5. The molecule has 6 heteroatoms. The van der Waals surface area contributed by atoms with Crippen LogP contribution < -0.4 is 5.32 Å². The molecule has 1 aromatic rings. The number of likely N-dealkylation sites (tertiary alicyclic amines) is 1. The summed E-state index contributed by atoms with van der Waals surface area (Å²) in [5, 5.41) is 8.00. The van der Waals surface area contributed by atoms with Crippen molar-refractivity contribution >= 4 is 29.9 Å². The zero-order valence-electron chi connectivity index (χ0n) is 15.6. The molecule has 2 heterocycles. The van der Waals surface area contributed by atoms with Gasteiger partial charge >= 0.3 is 0 Å². The molecule has 5 nitrogen and oxygen atoms in total. The lowest BCUT2D eigenvalue weighted by molar-refractivity contribution is 0.309. The number of rotatable bonds is 3. The molecule has 2 aliphatic rings. The average molecular weight is 445 g/mol. The second-order valence-corrected chi connectivity index (χ2v) is 7.32. The fourth-order valence-corrected chi connectivity index (χ4v) is 4.28. The SMILES string of the molecule is CCNC(=NCc1c(C)nn(C)c1C)N1CCC2(CCCC2)C1.I. The van der Waals surface area contributed by atoms with Crippen molar-refractivity contribution in [3.05, 3.63) is 17.0 Å². The monoisotopic (exact) mass is 445 g/mol. The van der Waals surface area contributed by atoms with Gasteiger partial charge in [0, 0.05) is 37.9 Å². The first-order valence-corrected chi connectivity index (χ1v) is 9.07. The van der Waals surface area contributed by atoms with E-state index in [0.29, 0.717) is 5.41 Å². The lowest BCUT2D eigenvalue weighted by Gasteiger charge is -2.26. The van der Waals surface area contributed by atoms with E-state index < -0.39 is 0 Å². The molecular weight excluding hydrogens is 413 g/mol. The summed E-state index contributed by atoms with van der Waals surface area (Å²) in [6.07, 6.45) is 6.97. The summed E-state index contributed by atoms with van der Waals surface area (Å²) in [6.45, 7) is 10.3. The van der Waals surface area contributed by atoms with Crippen LogP contribution in [-0.4, -0.2) is 40.3 Å². The van der Waals surface area contributed by atoms with Gasteiger partial charge in [0.15, 0.2) is 5.96 Å². The van der Waals surface area contributed by atoms with E-state index in [1.165, 1.54) is 49.9 Å². The molecule has 1 spiro atoms. The van der Waals surface area contributed by atoms with E-state index in [4.69, 9.17) is 4.99 Å². The predicted molar refractivity (Wildman–Crippen MR) is 110 cm³/mol. The van der Waals surface area contributed by atoms with Gasteiger partial charge in [0.2, 0.25) is 0 Å². The minimum absolute atomic E-state index is 0. The fraction of sp³-hybridized carbons (Fsp3) is 0.778. The highest BCUT2D eigenvalue weighted by Gasteiger charge is 2.41. The molecule has 0 atom stereocenters. The first-order chi connectivity index (χ1) is 11.0. The molecule has 1 aliphatic heterocycles. The van der Waals surface area contributed by atoms with Crippen molar-refractivity contribution in [1.82, 2.24) is 20.0 Å². The molecule has 0 amide bonds. The molecule has 2 fully saturated rings. The Hall–Kier alpha value is -0.790. The largest absolute Gasteiger partial charge is 0.357 e. The molecule has 0 aromatic carbocycles. The standard InChI is InChI=1S/C18H31N5.HI/c1-5-19-17(20-12-16-14(2)21-22(4)15(16)3)23-11-10-18(13-23)8-6-7-9-18;/h5-13H2,1-4H3,(H,19,20);1H. The van der Waals surface area contributed by atoms with Crippen LogP contribution in [0.15, 0.2) is 4.99 Å². The highest BCUT2D eigenvalue weighted by Crippen LogP contribution is 2.45. The number of hydrogen-bond acceptors (Lipinski definition) is 2. The molecule has 3 rings (SSSR count). The minimum Gasteiger partial charge on any atom is -0.357 e. The summed E-state index contributed by atoms with van der Waals surface area (Å²) in [4.78, 5) is 7.42. The third-order valence-electron chi connectivity index (χ3n) is 5.78. The third-order valence-corrected chi connectivity index (χ3v) is 5.78. The van der Waals surface area contributed by atoms with Crippen LogP contribution in [0.2, 0.25) is 0 Å². The van der Waals surface area contributed by atoms with Crippen molar-refractivity contribution in [1.29, 1.82) is 0 Å². The smallest absolute Gasteiger partial charge is 0.194 e. The molecule has 0 unspecified atom stereocenters. The molecule has 1 saturated heterocycles. The van der Waals surface area contributed by atoms with Crippen LogP contribution in [0.25, 0.3) is 0 Å². The van der Waals surface area contributed by atoms with E-state index in [0.717, 1.165) is 31.3 Å². The van der Waals surface area contributed by atoms with Crippen LogP contribution in [0.1, 0.15) is 56.0 Å². The fourth-order valence-electron chi connectivity index (χ4n) is 4.28. The highest BCUT2D eigenvalue weighted by molar-refractivity contribution is 14.0. The van der Waals surface area contributed by atoms with E-state index in [-0.39, 0.29) is 24.0 Å². The Labute approximate surface area is 163 Å². The number of hydrogen-bond donors (Lipinski definition) is 1. The maximum atomic E-state index is 4.93. The van der Waals surface area contributed by atoms with Gasteiger partial charge in [-0.1, -0.05) is 12.8 Å². The van der Waals surface area contributed by atoms with Gasteiger partial charge in [0.1, 0.15) is 0 Å². The molecule has 136 valence electrons. The summed E-state index contributed by atoms with van der Waals surface area (Å²) in [6, 6.07) is 0. The van der Waals surface area contributed by atoms with Crippen molar-refractivity contribution in [3.63, 3.8) is 0 Å². The number of aliphatic imine (C=N–C) groups is 1. The first kappa shape index (κ1) is 19.5. The van der Waals surface area contributed by atoms with Gasteiger partial charge in [0.05, 0.1) is 12.2 Å². The molecule has 1 saturated carbocycles. The Kier molecular flexibility index (Phi) is 6.56. The molecule has 1 N–H and O–H groups in total. The Bertz CT molecular complexity index is 586. The molecule has 24 heavy (non-hydrogen) atoms. The normalized spacial score (nSPS) is 19.8. The van der Waals surface area contributed by atoms with Gasteiger partial charge in [-0.15, -0.1) is 24.0 Å². The maximum absolute atomic E-state index is 4.93. The summed E-state index contributed by atoms with van der Waals surface area (Å²) >= 11 is 0. The van der Waals surface area contributed by atoms with Gasteiger partial charge in [-0.05, 0) is 45.4 Å². The highest BCUT2D eigenvalue weighted by atomic mass is 127. The molecule has 0 bridgehead atoms. The van der Waals surface area contributed by atoms with Crippen LogP contribution in [-0.2, 0) is 13.6 Å². The number of nitrogens with one attached hydrogen (secondary N) is 1. The Morgan fingerprint density at radius 3 is 2.54 bits per heavy atom. The van der Waals surface area contributed by atoms with Crippen LogP contribution in [0.3, 0.4) is 0 Å². The van der Waals surface area contributed by atoms with Gasteiger partial charge in [-0.2, -0.15) is 5.10 Å². The summed E-state index contributed by atoms with van der Waals surface area (Å²) in [7, 11) is 2.01. The Morgan fingerprint density at radius 1 is 1.25 bits per heavy atom. The number of aryl methyl sites for hydroxylation is 2. The number of aromatic nitrogens is 2. The van der Waals surface area contributed by atoms with Crippen LogP contribution in [0, 0.1) is 19.3 Å². The van der Waals surface area contributed by atoms with E-state index in [1.54, 1.807) is 0 Å². The average Bonchev–Trinajstić information content (AvgIpc) is 3.21. The Balaban J connectivity index is 0.00000208. The van der Waals surface area contributed by atoms with E-state index in [9.17, 15) is 0 Å². The van der Waals surface area contributed by atoms with Crippen molar-refractivity contribution in [2.45, 2.75) is 59.4 Å². The van der Waals surface area contributed by atoms with Gasteiger partial charge in [0.25, 0.3) is 0 Å². The van der Waals surface area contributed by atoms with Gasteiger partial charge in [-0.25, -0.2) is 4.99 Å².